The zero-order chi connectivity index (χ0) is 14.5. The first-order valence-electron chi connectivity index (χ1n) is 5.91. The molecule has 0 saturated carbocycles. The summed E-state index contributed by atoms with van der Waals surface area (Å²) in [5.41, 5.74) is -0.881. The maximum atomic E-state index is 11.6. The van der Waals surface area contributed by atoms with E-state index in [2.05, 4.69) is 37.2 Å². The number of aliphatic hydroxyl groups is 1. The van der Waals surface area contributed by atoms with Gasteiger partial charge in [-0.2, -0.15) is 0 Å². The Labute approximate surface area is 129 Å². The van der Waals surface area contributed by atoms with Gasteiger partial charge in [0.25, 0.3) is 5.91 Å². The highest BCUT2D eigenvalue weighted by molar-refractivity contribution is 9.11. The van der Waals surface area contributed by atoms with Crippen LogP contribution in [0.25, 0.3) is 0 Å². The highest BCUT2D eigenvalue weighted by Gasteiger charge is 2.18. The Morgan fingerprint density at radius 3 is 2.74 bits per heavy atom. The molecular weight excluding hydrogens is 378 g/mol. The van der Waals surface area contributed by atoms with Crippen LogP contribution in [0.5, 0.6) is 5.75 Å². The largest absolute Gasteiger partial charge is 0.483 e. The quantitative estimate of drug-likeness (QED) is 0.779. The zero-order valence-corrected chi connectivity index (χ0v) is 14.0. The molecule has 19 heavy (non-hydrogen) atoms. The van der Waals surface area contributed by atoms with Gasteiger partial charge in [0.05, 0.1) is 10.1 Å². The lowest BCUT2D eigenvalue weighted by atomic mass is 10.0. The first kappa shape index (κ1) is 16.5. The summed E-state index contributed by atoms with van der Waals surface area (Å²) in [6, 6.07) is 5.44. The van der Waals surface area contributed by atoms with E-state index in [0.29, 0.717) is 12.2 Å². The number of halogens is 2. The summed E-state index contributed by atoms with van der Waals surface area (Å²) in [7, 11) is 0. The molecule has 0 bridgehead atoms. The van der Waals surface area contributed by atoms with Crippen LogP contribution >= 0.6 is 31.9 Å². The molecule has 6 heteroatoms. The van der Waals surface area contributed by atoms with E-state index in [1.54, 1.807) is 13.0 Å². The molecule has 1 aromatic carbocycles. The van der Waals surface area contributed by atoms with Gasteiger partial charge in [0.1, 0.15) is 5.75 Å². The van der Waals surface area contributed by atoms with E-state index < -0.39 is 5.60 Å². The number of hydrogen-bond acceptors (Lipinski definition) is 3. The molecule has 1 atom stereocenters. The van der Waals surface area contributed by atoms with Crippen LogP contribution in [0.4, 0.5) is 0 Å². The maximum Gasteiger partial charge on any atom is 0.258 e. The molecule has 2 N–H and O–H groups in total. The second kappa shape index (κ2) is 7.26. The van der Waals surface area contributed by atoms with Crippen LogP contribution in [0.2, 0.25) is 0 Å². The average Bonchev–Trinajstić information content (AvgIpc) is 2.35. The second-order valence-electron chi connectivity index (χ2n) is 4.49. The van der Waals surface area contributed by atoms with Gasteiger partial charge in [-0.05, 0) is 47.5 Å². The molecule has 0 aliphatic rings. The molecule has 0 aliphatic carbocycles. The van der Waals surface area contributed by atoms with Crippen molar-refractivity contribution in [3.63, 3.8) is 0 Å². The zero-order valence-electron chi connectivity index (χ0n) is 10.9. The molecule has 0 aliphatic heterocycles. The highest BCUT2D eigenvalue weighted by atomic mass is 79.9. The van der Waals surface area contributed by atoms with Crippen LogP contribution in [0.15, 0.2) is 27.1 Å². The first-order valence-corrected chi connectivity index (χ1v) is 7.49. The van der Waals surface area contributed by atoms with Crippen molar-refractivity contribution < 1.29 is 14.6 Å². The Bertz CT molecular complexity index is 450. The summed E-state index contributed by atoms with van der Waals surface area (Å²) >= 11 is 6.69. The Balaban J connectivity index is 2.42. The van der Waals surface area contributed by atoms with Crippen molar-refractivity contribution in [2.45, 2.75) is 25.9 Å². The highest BCUT2D eigenvalue weighted by Crippen LogP contribution is 2.28. The molecule has 1 rings (SSSR count). The van der Waals surface area contributed by atoms with Crippen LogP contribution in [0.3, 0.4) is 0 Å². The van der Waals surface area contributed by atoms with Gasteiger partial charge in [-0.1, -0.05) is 22.9 Å². The molecule has 0 heterocycles. The number of benzene rings is 1. The van der Waals surface area contributed by atoms with Gasteiger partial charge < -0.3 is 15.2 Å². The summed E-state index contributed by atoms with van der Waals surface area (Å²) in [6.45, 7) is 3.67. The van der Waals surface area contributed by atoms with Gasteiger partial charge in [0.2, 0.25) is 0 Å². The smallest absolute Gasteiger partial charge is 0.258 e. The normalized spacial score (nSPS) is 13.7. The number of amides is 1. The van der Waals surface area contributed by atoms with E-state index >= 15 is 0 Å². The number of carbonyl (C=O) groups is 1. The minimum atomic E-state index is -0.881. The third-order valence-corrected chi connectivity index (χ3v) is 3.79. The van der Waals surface area contributed by atoms with Gasteiger partial charge in [-0.15, -0.1) is 0 Å². The lowest BCUT2D eigenvalue weighted by molar-refractivity contribution is -0.124. The predicted molar refractivity (Wildman–Crippen MR) is 81.3 cm³/mol. The summed E-state index contributed by atoms with van der Waals surface area (Å²) in [6.07, 6.45) is 0.576. The molecule has 4 nitrogen and oxygen atoms in total. The van der Waals surface area contributed by atoms with Crippen LogP contribution in [-0.2, 0) is 4.79 Å². The van der Waals surface area contributed by atoms with Crippen molar-refractivity contribution in [3.8, 4) is 5.75 Å². The number of hydrogen-bond donors (Lipinski definition) is 2. The van der Waals surface area contributed by atoms with E-state index in [9.17, 15) is 9.90 Å². The third kappa shape index (κ3) is 5.93. The van der Waals surface area contributed by atoms with Crippen molar-refractivity contribution >= 4 is 37.8 Å². The third-order valence-electron chi connectivity index (χ3n) is 2.68. The van der Waals surface area contributed by atoms with E-state index in [0.717, 1.165) is 8.95 Å². The van der Waals surface area contributed by atoms with E-state index in [4.69, 9.17) is 4.74 Å². The van der Waals surface area contributed by atoms with Gasteiger partial charge in [-0.3, -0.25) is 4.79 Å². The van der Waals surface area contributed by atoms with Crippen LogP contribution in [-0.4, -0.2) is 29.8 Å². The van der Waals surface area contributed by atoms with Crippen LogP contribution < -0.4 is 10.1 Å². The first-order chi connectivity index (χ1) is 8.84. The van der Waals surface area contributed by atoms with Crippen molar-refractivity contribution in [3.05, 3.63) is 27.1 Å². The van der Waals surface area contributed by atoms with Gasteiger partial charge in [0.15, 0.2) is 6.61 Å². The minimum absolute atomic E-state index is 0.0833. The summed E-state index contributed by atoms with van der Waals surface area (Å²) in [4.78, 5) is 11.6. The number of rotatable bonds is 6. The number of ether oxygens (including phenoxy) is 1. The Morgan fingerprint density at radius 2 is 2.16 bits per heavy atom. The van der Waals surface area contributed by atoms with Crippen molar-refractivity contribution in [1.82, 2.24) is 5.32 Å². The molecule has 0 fully saturated rings. The minimum Gasteiger partial charge on any atom is -0.483 e. The topological polar surface area (TPSA) is 58.6 Å². The molecule has 1 aromatic rings. The maximum absolute atomic E-state index is 11.6. The van der Waals surface area contributed by atoms with Crippen molar-refractivity contribution in [1.29, 1.82) is 0 Å². The average molecular weight is 395 g/mol. The SMILES string of the molecule is CCC(C)(O)CNC(=O)COc1ccc(Br)cc1Br. The Morgan fingerprint density at radius 1 is 1.47 bits per heavy atom. The molecule has 0 saturated heterocycles. The Kier molecular flexibility index (Phi) is 6.29. The number of carbonyl (C=O) groups excluding carboxylic acids is 1. The fourth-order valence-corrected chi connectivity index (χ4v) is 2.36. The molecule has 0 spiro atoms. The summed E-state index contributed by atoms with van der Waals surface area (Å²) in [5.74, 6) is 0.337. The van der Waals surface area contributed by atoms with Crippen molar-refractivity contribution in [2.75, 3.05) is 13.2 Å². The van der Waals surface area contributed by atoms with Gasteiger partial charge >= 0.3 is 0 Å². The fraction of sp³-hybridized carbons (Fsp3) is 0.462. The lowest BCUT2D eigenvalue weighted by Crippen LogP contribution is -2.41. The van der Waals surface area contributed by atoms with Gasteiger partial charge in [-0.25, -0.2) is 0 Å². The molecule has 106 valence electrons. The molecule has 0 aromatic heterocycles. The lowest BCUT2D eigenvalue weighted by Gasteiger charge is -2.21. The van der Waals surface area contributed by atoms with E-state index in [1.807, 2.05) is 19.1 Å². The van der Waals surface area contributed by atoms with Crippen LogP contribution in [0, 0.1) is 0 Å². The predicted octanol–water partition coefficient (Wildman–Crippen LogP) is 2.87. The van der Waals surface area contributed by atoms with Crippen LogP contribution in [0.1, 0.15) is 20.3 Å². The van der Waals surface area contributed by atoms with Crippen molar-refractivity contribution in [2.24, 2.45) is 0 Å². The standard InChI is InChI=1S/C13H17Br2NO3/c1-3-13(2,18)8-16-12(17)7-19-11-5-4-9(14)6-10(11)15/h4-6,18H,3,7-8H2,1-2H3,(H,16,17). The monoisotopic (exact) mass is 393 g/mol. The van der Waals surface area contributed by atoms with E-state index in [-0.39, 0.29) is 19.1 Å². The van der Waals surface area contributed by atoms with E-state index in [1.165, 1.54) is 0 Å². The van der Waals surface area contributed by atoms with Gasteiger partial charge in [0, 0.05) is 11.0 Å². The molecule has 1 amide bonds. The summed E-state index contributed by atoms with van der Waals surface area (Å²) < 4.78 is 7.09. The number of nitrogens with one attached hydrogen (secondary N) is 1. The summed E-state index contributed by atoms with van der Waals surface area (Å²) in [5, 5.41) is 12.4. The fourth-order valence-electron chi connectivity index (χ4n) is 1.20. The molecule has 1 unspecified atom stereocenters. The molecular formula is C13H17Br2NO3. The molecule has 0 radical (unpaired) electrons. The Hall–Kier alpha value is -0.590. The second-order valence-corrected chi connectivity index (χ2v) is 6.26.